The molecule has 0 saturated heterocycles. The molecule has 2 aromatic carbocycles. The van der Waals surface area contributed by atoms with Crippen LogP contribution in [0.5, 0.6) is 0 Å². The quantitative estimate of drug-likeness (QED) is 0.0300. The largest absolute Gasteiger partial charge is 1.00 e. The van der Waals surface area contributed by atoms with Crippen molar-refractivity contribution >= 4 is 63.8 Å². The number of carbonyl (C=O) groups excluding carboxylic acids is 5. The molecule has 0 radical (unpaired) electrons. The molecule has 0 fully saturated rings. The molecule has 27 heteroatoms. The Morgan fingerprint density at radius 1 is 0.551 bits per heavy atom. The fraction of sp³-hybridized carbons (Fsp3) is 0.549. The van der Waals surface area contributed by atoms with Gasteiger partial charge in [0.2, 0.25) is 0 Å². The first-order chi connectivity index (χ1) is 34.5. The third kappa shape index (κ3) is 57.0. The molecule has 434 valence electrons. The van der Waals surface area contributed by atoms with Gasteiger partial charge in [-0.2, -0.15) is 15.5 Å². The van der Waals surface area contributed by atoms with Gasteiger partial charge in [-0.3, -0.25) is 21.0 Å². The molecule has 1 heterocycles. The van der Waals surface area contributed by atoms with Crippen LogP contribution in [0.4, 0.5) is 24.0 Å². The molecule has 1 unspecified atom stereocenters. The van der Waals surface area contributed by atoms with Gasteiger partial charge < -0.3 is 81.6 Å². The van der Waals surface area contributed by atoms with Gasteiger partial charge in [-0.15, -0.1) is 0 Å². The van der Waals surface area contributed by atoms with Gasteiger partial charge in [0, 0.05) is 29.5 Å². The number of aromatic nitrogens is 1. The summed E-state index contributed by atoms with van der Waals surface area (Å²) in [5.74, 6) is 0. The van der Waals surface area contributed by atoms with Gasteiger partial charge in [0.25, 0.3) is 12.3 Å². The standard InChI is InChI=1S/C13H18O5S.C12H22O5.C7H8O2S.2C6H12O3.C5H5N.CH3ClN.CH3.ClH.3Na/c1-4-11(5-2)17-13(14)18-19(15,16)12-8-6-10(3)7-9-12;1-5-9(6-2)15-11(13)17-12(14)16-10(7-3)8-4;1-6-2-4-7(5-3-6)10(8)9;2*1-3-5(4-2)9-6(7)8;1-2-4-6-5-3-1;1-3-2;;;;;/h6-9,11H,4-5H2,1-3H3;9-10H,5-8H2,1-4H3;2-5H,1H3,(H,8,9);2*5H,3-4H2,1-2H3,(H,7,8);1-5H;1H3;1H3;1H;;;/q;;;;;;2*-1;;3*+1/p-4. The Kier molecular flexibility index (Phi) is 75.9. The van der Waals surface area contributed by atoms with Crippen LogP contribution >= 0.6 is 11.8 Å². The third-order valence-electron chi connectivity index (χ3n) is 9.30. The molecule has 0 N–H and O–H groups in total. The molecular weight excluding hydrogens is 1130 g/mol. The molecule has 1 aromatic heterocycles. The van der Waals surface area contributed by atoms with Gasteiger partial charge in [-0.05, 0) is 126 Å². The van der Waals surface area contributed by atoms with Crippen LogP contribution in [-0.2, 0) is 53.8 Å². The van der Waals surface area contributed by atoms with Crippen LogP contribution in [0.3, 0.4) is 0 Å². The van der Waals surface area contributed by atoms with Crippen LogP contribution in [0.25, 0.3) is 4.84 Å². The van der Waals surface area contributed by atoms with Crippen LogP contribution in [0.2, 0.25) is 0 Å². The molecule has 0 aliphatic rings. The van der Waals surface area contributed by atoms with E-state index in [1.54, 1.807) is 48.8 Å². The van der Waals surface area contributed by atoms with Gasteiger partial charge in [-0.25, -0.2) is 14.4 Å². The van der Waals surface area contributed by atoms with Crippen molar-refractivity contribution in [1.29, 1.82) is 0 Å². The Hall–Kier alpha value is -2.26. The molecule has 0 aliphatic heterocycles. The number of nitrogens with zero attached hydrogens (tertiary/aromatic N) is 2. The molecular formula is C51H80Cl2N2Na3O18S2-3. The molecule has 0 spiro atoms. The van der Waals surface area contributed by atoms with E-state index in [2.05, 4.69) is 40.0 Å². The van der Waals surface area contributed by atoms with E-state index >= 15 is 0 Å². The van der Waals surface area contributed by atoms with Gasteiger partial charge in [0.1, 0.15) is 23.2 Å². The van der Waals surface area contributed by atoms with Crippen molar-refractivity contribution in [3.05, 3.63) is 103 Å². The monoisotopic (exact) mass is 1210 g/mol. The fourth-order valence-electron chi connectivity index (χ4n) is 4.90. The maximum absolute atomic E-state index is 11.8. The van der Waals surface area contributed by atoms with E-state index in [-0.39, 0.29) is 144 Å². The molecule has 3 rings (SSSR count). The Labute approximate surface area is 545 Å². The van der Waals surface area contributed by atoms with E-state index in [0.29, 0.717) is 69.1 Å². The van der Waals surface area contributed by atoms with Crippen molar-refractivity contribution in [2.24, 2.45) is 0 Å². The first kappa shape index (κ1) is 95.0. The van der Waals surface area contributed by atoms with Crippen LogP contribution in [0.15, 0.2) is 88.9 Å². The van der Waals surface area contributed by atoms with Crippen molar-refractivity contribution in [2.45, 2.75) is 188 Å². The van der Waals surface area contributed by atoms with Crippen molar-refractivity contribution in [3.63, 3.8) is 0 Å². The summed E-state index contributed by atoms with van der Waals surface area (Å²) in [5.41, 5.74) is 1.98. The normalized spacial score (nSPS) is 9.79. The second-order valence-electron chi connectivity index (χ2n) is 14.7. The van der Waals surface area contributed by atoms with E-state index in [9.17, 15) is 51.4 Å². The minimum atomic E-state index is -4.11. The minimum absolute atomic E-state index is 0. The Bertz CT molecular complexity index is 1930. The van der Waals surface area contributed by atoms with E-state index in [1.165, 1.54) is 19.2 Å². The van der Waals surface area contributed by atoms with Gasteiger partial charge in [0.15, 0.2) is 0 Å². The average Bonchev–Trinajstić information content (AvgIpc) is 3.36. The molecule has 20 nitrogen and oxygen atoms in total. The number of rotatable bonds is 18. The fourth-order valence-corrected chi connectivity index (χ4v) is 6.04. The number of carbonyl (C=O) groups is 5. The number of ether oxygens (including phenoxy) is 6. The zero-order valence-electron chi connectivity index (χ0n) is 48.8. The van der Waals surface area contributed by atoms with E-state index in [0.717, 1.165) is 11.1 Å². The van der Waals surface area contributed by atoms with E-state index in [4.69, 9.17) is 14.2 Å². The third-order valence-corrected chi connectivity index (χ3v) is 11.2. The van der Waals surface area contributed by atoms with Crippen LogP contribution in [0.1, 0.15) is 145 Å². The molecule has 0 amide bonds. The molecule has 3 aromatic rings. The summed E-state index contributed by atoms with van der Waals surface area (Å²) in [4.78, 5) is 60.4. The topological polar surface area (TPSA) is 297 Å². The number of aryl methyl sites for hydroxylation is 2. The summed E-state index contributed by atoms with van der Waals surface area (Å²) in [7, 11) is -2.60. The van der Waals surface area contributed by atoms with Crippen molar-refractivity contribution < 1.29 is 185 Å². The van der Waals surface area contributed by atoms with Crippen LogP contribution in [0, 0.1) is 21.3 Å². The SMILES string of the molecule is CCC(CC)OC(=O)OC(=O)OC(CC)CC.CCC(CC)OC(=O)OS(=O)(=O)c1ccc(C)cc1.CCC(CC)OC(=O)[O-].CCC(CC)OC(=O)[O-].C[N-]Cl.Cc1ccc(S(=O)[O-])cc1.[CH3-].[Cl-].[Na+].[Na+].[Na+].c1ccncc1. The Morgan fingerprint density at radius 3 is 1.04 bits per heavy atom. The predicted octanol–water partition coefficient (Wildman–Crippen LogP) is -0.327. The summed E-state index contributed by atoms with van der Waals surface area (Å²) in [5, 5.41) is 19.6. The number of carboxylic acid groups (broad SMARTS) is 2. The molecule has 0 saturated carbocycles. The summed E-state index contributed by atoms with van der Waals surface area (Å²) < 4.78 is 76.4. The summed E-state index contributed by atoms with van der Waals surface area (Å²) in [6.07, 6.45) is 3.15. The number of hydrogen-bond acceptors (Lipinski definition) is 19. The Morgan fingerprint density at radius 2 is 0.821 bits per heavy atom. The second kappa shape index (κ2) is 62.3. The maximum Gasteiger partial charge on any atom is 1.00 e. The maximum atomic E-state index is 11.8. The molecule has 78 heavy (non-hydrogen) atoms. The van der Waals surface area contributed by atoms with Crippen molar-refractivity contribution in [3.8, 4) is 0 Å². The number of benzene rings is 2. The average molecular weight is 1210 g/mol. The van der Waals surface area contributed by atoms with Gasteiger partial charge in [0.05, 0.1) is 0 Å². The summed E-state index contributed by atoms with van der Waals surface area (Å²) >= 11 is 2.54. The molecule has 0 aliphatic carbocycles. The zero-order valence-corrected chi connectivity index (χ0v) is 57.9. The van der Waals surface area contributed by atoms with E-state index in [1.807, 2.05) is 101 Å². The summed E-state index contributed by atoms with van der Waals surface area (Å²) in [6.45, 7) is 22.5. The Balaban J connectivity index is -0.000000106. The molecule has 0 bridgehead atoms. The number of halogens is 2. The van der Waals surface area contributed by atoms with Gasteiger partial charge >= 0.3 is 117 Å². The molecule has 1 atom stereocenters. The summed E-state index contributed by atoms with van der Waals surface area (Å²) in [6, 6.07) is 18.4. The number of pyridine rings is 1. The first-order valence-corrected chi connectivity index (χ1v) is 26.6. The minimum Gasteiger partial charge on any atom is -1.00 e. The van der Waals surface area contributed by atoms with Crippen LogP contribution < -0.4 is 111 Å². The first-order valence-electron chi connectivity index (χ1n) is 23.7. The van der Waals surface area contributed by atoms with Gasteiger partial charge in [-0.1, -0.05) is 111 Å². The second-order valence-corrected chi connectivity index (χ2v) is 17.6. The van der Waals surface area contributed by atoms with Crippen LogP contribution in [-0.4, -0.2) is 90.5 Å². The predicted molar refractivity (Wildman–Crippen MR) is 279 cm³/mol. The number of hydrogen-bond donors (Lipinski definition) is 0. The van der Waals surface area contributed by atoms with E-state index < -0.39 is 52.0 Å². The van der Waals surface area contributed by atoms with Crippen molar-refractivity contribution in [1.82, 2.24) is 4.98 Å². The smallest absolute Gasteiger partial charge is 1.00 e. The zero-order chi connectivity index (χ0) is 56.8. The van der Waals surface area contributed by atoms with Crippen molar-refractivity contribution in [2.75, 3.05) is 7.05 Å².